The molecule has 14 heavy (non-hydrogen) atoms. The molecule has 1 aromatic heterocycles. The molecule has 1 heterocycles. The molecule has 0 radical (unpaired) electrons. The summed E-state index contributed by atoms with van der Waals surface area (Å²) >= 11 is 0.739. The number of sulfonamides is 1. The van der Waals surface area contributed by atoms with Crippen molar-refractivity contribution in [3.05, 3.63) is 6.20 Å². The summed E-state index contributed by atoms with van der Waals surface area (Å²) < 4.78 is 21.8. The Morgan fingerprint density at radius 1 is 1.64 bits per heavy atom. The smallest absolute Gasteiger partial charge is 0.273 e. The van der Waals surface area contributed by atoms with Crippen LogP contribution in [0.1, 0.15) is 6.92 Å². The minimum atomic E-state index is -3.90. The zero-order valence-electron chi connectivity index (χ0n) is 7.01. The number of amides is 1. The molecule has 0 spiro atoms. The van der Waals surface area contributed by atoms with Gasteiger partial charge < -0.3 is 10.5 Å². The van der Waals surface area contributed by atoms with Gasteiger partial charge in [0.25, 0.3) is 10.0 Å². The second kappa shape index (κ2) is 4.00. The van der Waals surface area contributed by atoms with Gasteiger partial charge in [0.15, 0.2) is 9.34 Å². The lowest BCUT2D eigenvalue weighted by atomic mass is 10.7. The Labute approximate surface area is 83.8 Å². The monoisotopic (exact) mass is 237 g/mol. The maximum absolute atomic E-state index is 11.0. The molecule has 9 heteroatoms. The summed E-state index contributed by atoms with van der Waals surface area (Å²) in [6, 6.07) is 0. The molecular formula is C5H7N3O4S2. The maximum atomic E-state index is 11.0. The number of rotatable bonds is 3. The highest BCUT2D eigenvalue weighted by atomic mass is 32.2. The number of aromatic nitrogens is 1. The van der Waals surface area contributed by atoms with Crippen molar-refractivity contribution in [3.8, 4) is 0 Å². The van der Waals surface area contributed by atoms with Crippen LogP contribution in [0.3, 0.4) is 0 Å². The highest BCUT2D eigenvalue weighted by Crippen LogP contribution is 2.21. The van der Waals surface area contributed by atoms with Crippen LogP contribution in [0.25, 0.3) is 0 Å². The van der Waals surface area contributed by atoms with Gasteiger partial charge in [-0.25, -0.2) is 13.4 Å². The van der Waals surface area contributed by atoms with Crippen LogP contribution < -0.4 is 10.2 Å². The van der Waals surface area contributed by atoms with Crippen LogP contribution in [-0.2, 0) is 14.8 Å². The van der Waals surface area contributed by atoms with Crippen molar-refractivity contribution < 1.29 is 18.4 Å². The first kappa shape index (κ1) is 11.0. The topological polar surface area (TPSA) is 108 Å². The molecule has 1 amide bonds. The molecule has 3 N–H and O–H groups in total. The molecule has 0 aliphatic carbocycles. The number of hydrogen-bond acceptors (Lipinski definition) is 6. The van der Waals surface area contributed by atoms with E-state index in [2.05, 4.69) is 10.3 Å². The standard InChI is InChI=1S/C5H7N3O4S2/c1-3(9)7-5-6-2-4(13-5)14(11,12)8-10/h2,8,10H,1H3,(H,6,7,9). The first-order valence-corrected chi connectivity index (χ1v) is 5.65. The lowest BCUT2D eigenvalue weighted by Gasteiger charge is -1.94. The number of hydrogen-bond donors (Lipinski definition) is 3. The van der Waals surface area contributed by atoms with Gasteiger partial charge in [0.2, 0.25) is 5.91 Å². The Balaban J connectivity index is 2.94. The predicted octanol–water partition coefficient (Wildman–Crippen LogP) is -0.231. The molecule has 1 rings (SSSR count). The van der Waals surface area contributed by atoms with E-state index in [-0.39, 0.29) is 15.2 Å². The summed E-state index contributed by atoms with van der Waals surface area (Å²) in [5, 5.41) is 10.8. The van der Waals surface area contributed by atoms with E-state index in [0.29, 0.717) is 0 Å². The van der Waals surface area contributed by atoms with Gasteiger partial charge in [-0.15, -0.1) is 0 Å². The molecule has 0 aliphatic heterocycles. The molecule has 7 nitrogen and oxygen atoms in total. The van der Waals surface area contributed by atoms with Gasteiger partial charge in [-0.3, -0.25) is 4.79 Å². The van der Waals surface area contributed by atoms with Gasteiger partial charge >= 0.3 is 0 Å². The van der Waals surface area contributed by atoms with Crippen molar-refractivity contribution in [2.45, 2.75) is 11.1 Å². The first-order valence-electron chi connectivity index (χ1n) is 3.35. The normalized spacial score (nSPS) is 11.3. The highest BCUT2D eigenvalue weighted by molar-refractivity contribution is 7.91. The van der Waals surface area contributed by atoms with E-state index in [1.165, 1.54) is 6.92 Å². The van der Waals surface area contributed by atoms with Gasteiger partial charge in [-0.1, -0.05) is 16.2 Å². The van der Waals surface area contributed by atoms with Gasteiger partial charge in [-0.2, -0.15) is 0 Å². The Hall–Kier alpha value is -1.03. The summed E-state index contributed by atoms with van der Waals surface area (Å²) in [6.45, 7) is 1.28. The predicted molar refractivity (Wildman–Crippen MR) is 48.5 cm³/mol. The van der Waals surface area contributed by atoms with E-state index in [1.807, 2.05) is 0 Å². The Morgan fingerprint density at radius 2 is 2.29 bits per heavy atom. The summed E-state index contributed by atoms with van der Waals surface area (Å²) in [5.74, 6) is -0.347. The van der Waals surface area contributed by atoms with E-state index in [9.17, 15) is 13.2 Å². The molecule has 0 fully saturated rings. The molecule has 0 aliphatic rings. The SMILES string of the molecule is CC(=O)Nc1ncc(S(=O)(=O)NO)s1. The van der Waals surface area contributed by atoms with Crippen molar-refractivity contribution in [2.24, 2.45) is 0 Å². The molecule has 0 saturated carbocycles. The number of carbonyl (C=O) groups excluding carboxylic acids is 1. The average molecular weight is 237 g/mol. The highest BCUT2D eigenvalue weighted by Gasteiger charge is 2.16. The van der Waals surface area contributed by atoms with Crippen molar-refractivity contribution in [1.29, 1.82) is 0 Å². The number of anilines is 1. The third-order valence-electron chi connectivity index (χ3n) is 1.15. The van der Waals surface area contributed by atoms with Crippen LogP contribution in [0.2, 0.25) is 0 Å². The van der Waals surface area contributed by atoms with Gasteiger partial charge in [-0.05, 0) is 0 Å². The number of carbonyl (C=O) groups is 1. The van der Waals surface area contributed by atoms with E-state index >= 15 is 0 Å². The third-order valence-corrected chi connectivity index (χ3v) is 3.64. The summed E-state index contributed by atoms with van der Waals surface area (Å²) in [5.41, 5.74) is 0. The molecule has 0 atom stereocenters. The number of nitrogens with zero attached hydrogens (tertiary/aromatic N) is 1. The van der Waals surface area contributed by atoms with Gasteiger partial charge in [0, 0.05) is 6.92 Å². The summed E-state index contributed by atoms with van der Waals surface area (Å²) in [6.07, 6.45) is 1.04. The van der Waals surface area contributed by atoms with Crippen LogP contribution in [0, 0.1) is 0 Å². The second-order valence-electron chi connectivity index (χ2n) is 2.26. The molecule has 0 bridgehead atoms. The molecule has 0 unspecified atom stereocenters. The summed E-state index contributed by atoms with van der Waals surface area (Å²) in [4.78, 5) is 15.4. The molecule has 0 saturated heterocycles. The van der Waals surface area contributed by atoms with E-state index in [1.54, 1.807) is 0 Å². The van der Waals surface area contributed by atoms with Crippen molar-refractivity contribution in [3.63, 3.8) is 0 Å². The zero-order chi connectivity index (χ0) is 10.8. The Morgan fingerprint density at radius 3 is 2.79 bits per heavy atom. The minimum absolute atomic E-state index is 0.159. The minimum Gasteiger partial charge on any atom is -0.302 e. The molecule has 1 aromatic rings. The second-order valence-corrected chi connectivity index (χ2v) is 5.18. The molecule has 78 valence electrons. The van der Waals surface area contributed by atoms with E-state index in [0.717, 1.165) is 22.4 Å². The van der Waals surface area contributed by atoms with Crippen LogP contribution in [0.4, 0.5) is 5.13 Å². The van der Waals surface area contributed by atoms with Crippen molar-refractivity contribution in [2.75, 3.05) is 5.32 Å². The largest absolute Gasteiger partial charge is 0.302 e. The quantitative estimate of drug-likeness (QED) is 0.629. The van der Waals surface area contributed by atoms with E-state index in [4.69, 9.17) is 5.21 Å². The zero-order valence-corrected chi connectivity index (χ0v) is 8.65. The molecule has 0 aromatic carbocycles. The lowest BCUT2D eigenvalue weighted by molar-refractivity contribution is -0.114. The van der Waals surface area contributed by atoms with Crippen molar-refractivity contribution in [1.82, 2.24) is 9.87 Å². The fraction of sp³-hybridized carbons (Fsp3) is 0.200. The van der Waals surface area contributed by atoms with Crippen LogP contribution in [-0.4, -0.2) is 24.5 Å². The number of nitrogens with one attached hydrogen (secondary N) is 2. The van der Waals surface area contributed by atoms with Crippen LogP contribution >= 0.6 is 11.3 Å². The average Bonchev–Trinajstić information content (AvgIpc) is 2.52. The van der Waals surface area contributed by atoms with Gasteiger partial charge in [0.05, 0.1) is 6.20 Å². The summed E-state index contributed by atoms with van der Waals surface area (Å²) in [7, 11) is -3.90. The fourth-order valence-electron chi connectivity index (χ4n) is 0.637. The third kappa shape index (κ3) is 2.48. The van der Waals surface area contributed by atoms with Crippen molar-refractivity contribution >= 4 is 32.4 Å². The Bertz CT molecular complexity index is 438. The first-order chi connectivity index (χ1) is 6.45. The van der Waals surface area contributed by atoms with Crippen LogP contribution in [0.15, 0.2) is 10.4 Å². The maximum Gasteiger partial charge on any atom is 0.273 e. The lowest BCUT2D eigenvalue weighted by Crippen LogP contribution is -2.17. The van der Waals surface area contributed by atoms with Crippen LogP contribution in [0.5, 0.6) is 0 Å². The fourth-order valence-corrected chi connectivity index (χ4v) is 2.30. The van der Waals surface area contributed by atoms with Gasteiger partial charge in [0.1, 0.15) is 0 Å². The Kier molecular flexibility index (Phi) is 3.16. The van der Waals surface area contributed by atoms with E-state index < -0.39 is 10.0 Å². The number of thiazole rings is 1. The molecular weight excluding hydrogens is 230 g/mol.